The predicted molar refractivity (Wildman–Crippen MR) is 203 cm³/mol. The maximum absolute atomic E-state index is 15.0. The van der Waals surface area contributed by atoms with Crippen LogP contribution in [-0.4, -0.2) is 77.4 Å². The molecule has 1 aliphatic carbocycles. The van der Waals surface area contributed by atoms with E-state index in [0.29, 0.717) is 56.9 Å². The molecule has 2 aliphatic heterocycles. The molecule has 2 atom stereocenters. The average molecular weight is 766 g/mol. The lowest BCUT2D eigenvalue weighted by atomic mass is 9.87. The molecule has 0 radical (unpaired) electrons. The lowest BCUT2D eigenvalue weighted by Crippen LogP contribution is -2.50. The van der Waals surface area contributed by atoms with Gasteiger partial charge in [0, 0.05) is 56.1 Å². The first kappa shape index (κ1) is 39.5. The van der Waals surface area contributed by atoms with Crippen LogP contribution < -0.4 is 9.47 Å². The monoisotopic (exact) mass is 765 g/mol. The van der Waals surface area contributed by atoms with Gasteiger partial charge in [-0.15, -0.1) is 0 Å². The van der Waals surface area contributed by atoms with E-state index >= 15 is 4.79 Å². The van der Waals surface area contributed by atoms with Gasteiger partial charge in [-0.05, 0) is 113 Å². The Bertz CT molecular complexity index is 1860. The van der Waals surface area contributed by atoms with Crippen LogP contribution in [0.2, 0.25) is 5.02 Å². The van der Waals surface area contributed by atoms with Crippen molar-refractivity contribution < 1.29 is 37.3 Å². The Morgan fingerprint density at radius 1 is 0.944 bits per heavy atom. The number of aromatic nitrogens is 1. The third-order valence-electron chi connectivity index (χ3n) is 10.2. The molecule has 2 fully saturated rings. The number of aryl methyl sites for hydroxylation is 1. The van der Waals surface area contributed by atoms with Gasteiger partial charge < -0.3 is 23.8 Å². The van der Waals surface area contributed by atoms with Crippen LogP contribution in [0.15, 0.2) is 54.2 Å². The van der Waals surface area contributed by atoms with Crippen molar-refractivity contribution in [3.63, 3.8) is 0 Å². The molecule has 3 heterocycles. The number of hydrogen-bond donors (Lipinski definition) is 0. The molecule has 1 aromatic heterocycles. The largest absolute Gasteiger partial charge is 0.489 e. The fraction of sp³-hybridized carbons (Fsp3) is 0.500. The molecule has 2 aromatic carbocycles. The third-order valence-corrected chi connectivity index (χ3v) is 10.5. The van der Waals surface area contributed by atoms with E-state index in [1.54, 1.807) is 18.2 Å². The molecule has 0 N–H and O–H groups in total. The van der Waals surface area contributed by atoms with E-state index in [0.717, 1.165) is 65.6 Å². The van der Waals surface area contributed by atoms with Gasteiger partial charge in [0.1, 0.15) is 16.4 Å². The van der Waals surface area contributed by atoms with Gasteiger partial charge in [-0.25, -0.2) is 18.6 Å². The van der Waals surface area contributed by atoms with Gasteiger partial charge >= 0.3 is 6.09 Å². The van der Waals surface area contributed by atoms with E-state index in [2.05, 4.69) is 4.98 Å². The molecule has 9 nitrogen and oxygen atoms in total. The van der Waals surface area contributed by atoms with E-state index < -0.39 is 29.4 Å². The van der Waals surface area contributed by atoms with Crippen molar-refractivity contribution >= 4 is 29.2 Å². The van der Waals surface area contributed by atoms with Gasteiger partial charge in [-0.2, -0.15) is 0 Å². The highest BCUT2D eigenvalue weighted by Crippen LogP contribution is 2.46. The zero-order valence-electron chi connectivity index (χ0n) is 31.8. The Kier molecular flexibility index (Phi) is 12.5. The standard InChI is InChI=1S/C42H50ClF2N3O6/c1-26-29(19-20-46-39(26)53-23-7-21-51-5)25-47(30-13-14-30)40(49)36-32(24-31-15-18-35(36)48(31)41(50)54-42(2,3)4)28-11-9-27(10-12-28)8-6-22-52-38-34(45)17-16-33(44)37(38)43/h9-12,16-17,19-20,30-31,35H,6-8,13-15,18,21-25H2,1-5H3. The van der Waals surface area contributed by atoms with Crippen LogP contribution in [0.4, 0.5) is 13.6 Å². The summed E-state index contributed by atoms with van der Waals surface area (Å²) in [6, 6.07) is 11.6. The van der Waals surface area contributed by atoms with E-state index in [9.17, 15) is 13.6 Å². The molecule has 12 heteroatoms. The number of rotatable bonds is 15. The number of nitrogens with zero attached hydrogens (tertiary/aromatic N) is 3. The number of amides is 2. The van der Waals surface area contributed by atoms with Gasteiger partial charge in [-0.3, -0.25) is 9.69 Å². The summed E-state index contributed by atoms with van der Waals surface area (Å²) >= 11 is 5.91. The van der Waals surface area contributed by atoms with Crippen LogP contribution in [0.5, 0.6) is 11.6 Å². The molecule has 290 valence electrons. The van der Waals surface area contributed by atoms with Gasteiger partial charge in [0.2, 0.25) is 5.88 Å². The van der Waals surface area contributed by atoms with E-state index in [4.69, 9.17) is 30.5 Å². The summed E-state index contributed by atoms with van der Waals surface area (Å²) in [5, 5.41) is -0.367. The lowest BCUT2D eigenvalue weighted by Gasteiger charge is -2.39. The molecule has 0 spiro atoms. The van der Waals surface area contributed by atoms with Crippen LogP contribution in [-0.2, 0) is 27.2 Å². The van der Waals surface area contributed by atoms with Crippen LogP contribution in [0, 0.1) is 18.6 Å². The second kappa shape index (κ2) is 17.1. The van der Waals surface area contributed by atoms with Crippen molar-refractivity contribution in [1.29, 1.82) is 0 Å². The zero-order valence-corrected chi connectivity index (χ0v) is 32.5. The molecule has 3 aromatic rings. The Hall–Kier alpha value is -4.22. The second-order valence-electron chi connectivity index (χ2n) is 15.3. The number of hydrogen-bond acceptors (Lipinski definition) is 7. The smallest absolute Gasteiger partial charge is 0.411 e. The SMILES string of the molecule is COCCCOc1nccc(CN(C(=O)C2=C(c3ccc(CCCOc4c(F)ccc(F)c4Cl)cc3)CC3CCC2N3C(=O)OC(C)(C)C)C2CC2)c1C. The maximum Gasteiger partial charge on any atom is 0.411 e. The molecule has 1 saturated heterocycles. The van der Waals surface area contributed by atoms with Crippen molar-refractivity contribution in [1.82, 2.24) is 14.8 Å². The predicted octanol–water partition coefficient (Wildman–Crippen LogP) is 8.87. The Morgan fingerprint density at radius 2 is 1.67 bits per heavy atom. The first-order chi connectivity index (χ1) is 25.9. The first-order valence-corrected chi connectivity index (χ1v) is 19.2. The highest BCUT2D eigenvalue weighted by molar-refractivity contribution is 6.32. The van der Waals surface area contributed by atoms with Crippen molar-refractivity contribution in [2.75, 3.05) is 26.9 Å². The third kappa shape index (κ3) is 9.17. The normalized spacial score (nSPS) is 18.2. The van der Waals surface area contributed by atoms with Gasteiger partial charge in [0.15, 0.2) is 11.6 Å². The average Bonchev–Trinajstić information content (AvgIpc) is 3.93. The number of fused-ring (bicyclic) bond motifs is 2. The molecule has 54 heavy (non-hydrogen) atoms. The molecule has 6 rings (SSSR count). The Morgan fingerprint density at radius 3 is 2.37 bits per heavy atom. The maximum atomic E-state index is 15.0. The highest BCUT2D eigenvalue weighted by Gasteiger charge is 2.49. The van der Waals surface area contributed by atoms with E-state index in [1.165, 1.54) is 0 Å². The summed E-state index contributed by atoms with van der Waals surface area (Å²) in [6.07, 6.45) is 7.08. The molecule has 3 aliphatic rings. The summed E-state index contributed by atoms with van der Waals surface area (Å²) in [7, 11) is 1.66. The van der Waals surface area contributed by atoms with E-state index in [-0.39, 0.29) is 35.4 Å². The topological polar surface area (TPSA) is 90.4 Å². The van der Waals surface area contributed by atoms with Gasteiger partial charge in [0.05, 0.1) is 19.3 Å². The molecular weight excluding hydrogens is 716 g/mol. The summed E-state index contributed by atoms with van der Waals surface area (Å²) in [5.41, 5.74) is 4.77. The number of carbonyl (C=O) groups excluding carboxylic acids is 2. The summed E-state index contributed by atoms with van der Waals surface area (Å²) in [4.78, 5) is 37.0. The Labute approximate surface area is 321 Å². The fourth-order valence-corrected chi connectivity index (χ4v) is 7.56. The van der Waals surface area contributed by atoms with Crippen molar-refractivity contribution in [3.8, 4) is 11.6 Å². The molecule has 2 unspecified atom stereocenters. The molecule has 2 amide bonds. The highest BCUT2D eigenvalue weighted by atomic mass is 35.5. The van der Waals surface area contributed by atoms with Crippen LogP contribution in [0.3, 0.4) is 0 Å². The summed E-state index contributed by atoms with van der Waals surface area (Å²) in [5.74, 6) is -1.23. The molecule has 1 saturated carbocycles. The first-order valence-electron chi connectivity index (χ1n) is 18.8. The minimum Gasteiger partial charge on any atom is -0.489 e. The number of carbonyl (C=O) groups is 2. The second-order valence-corrected chi connectivity index (χ2v) is 15.7. The summed E-state index contributed by atoms with van der Waals surface area (Å²) < 4.78 is 50.5. The molecule has 2 bridgehead atoms. The van der Waals surface area contributed by atoms with Gasteiger partial charge in [0.25, 0.3) is 5.91 Å². The van der Waals surface area contributed by atoms with Gasteiger partial charge in [-0.1, -0.05) is 35.9 Å². The fourth-order valence-electron chi connectivity index (χ4n) is 7.35. The quantitative estimate of drug-likeness (QED) is 0.113. The minimum absolute atomic E-state index is 0.0605. The summed E-state index contributed by atoms with van der Waals surface area (Å²) in [6.45, 7) is 9.17. The number of benzene rings is 2. The van der Waals surface area contributed by atoms with Crippen LogP contribution in [0.1, 0.15) is 88.0 Å². The van der Waals surface area contributed by atoms with Crippen molar-refractivity contribution in [2.45, 2.75) is 109 Å². The van der Waals surface area contributed by atoms with Crippen molar-refractivity contribution in [3.05, 3.63) is 93.1 Å². The Balaban J connectivity index is 1.25. The number of methoxy groups -OCH3 is 1. The zero-order chi connectivity index (χ0) is 38.6. The number of pyridine rings is 1. The lowest BCUT2D eigenvalue weighted by molar-refractivity contribution is -0.129. The molecular formula is C42H50ClF2N3O6. The minimum atomic E-state index is -0.734. The van der Waals surface area contributed by atoms with Crippen LogP contribution in [0.25, 0.3) is 5.57 Å². The van der Waals surface area contributed by atoms with Crippen LogP contribution >= 0.6 is 11.6 Å². The van der Waals surface area contributed by atoms with E-state index in [1.807, 2.05) is 62.9 Å². The van der Waals surface area contributed by atoms with Crippen molar-refractivity contribution in [2.24, 2.45) is 0 Å². The number of ether oxygens (including phenoxy) is 4. The number of halogens is 3.